The number of aliphatic carboxylic acids is 1. The average Bonchev–Trinajstić information content (AvgIpc) is 2.92. The van der Waals surface area contributed by atoms with E-state index in [1.807, 2.05) is 13.8 Å². The van der Waals surface area contributed by atoms with E-state index in [-0.39, 0.29) is 5.82 Å². The molecular weight excluding hydrogens is 285 g/mol. The molecule has 0 aliphatic rings. The summed E-state index contributed by atoms with van der Waals surface area (Å²) in [5.41, 5.74) is 1.63. The Kier molecular flexibility index (Phi) is 5.27. The topological polar surface area (TPSA) is 67.2 Å². The number of rotatable bonds is 7. The molecule has 2 aromatic rings. The smallest absolute Gasteiger partial charge is 0.320 e. The summed E-state index contributed by atoms with van der Waals surface area (Å²) in [6.45, 7) is 4.40. The number of aromatic nitrogens is 2. The Morgan fingerprint density at radius 1 is 1.36 bits per heavy atom. The Bertz CT molecular complexity index is 623. The lowest BCUT2D eigenvalue weighted by Crippen LogP contribution is -2.37. The largest absolute Gasteiger partial charge is 0.480 e. The van der Waals surface area contributed by atoms with Crippen LogP contribution in [0.2, 0.25) is 0 Å². The third kappa shape index (κ3) is 4.39. The van der Waals surface area contributed by atoms with Gasteiger partial charge in [-0.05, 0) is 36.6 Å². The zero-order valence-electron chi connectivity index (χ0n) is 12.7. The van der Waals surface area contributed by atoms with Gasteiger partial charge in [-0.25, -0.2) is 9.07 Å². The summed E-state index contributed by atoms with van der Waals surface area (Å²) in [7, 11) is 0. The molecule has 1 aromatic heterocycles. The molecule has 0 unspecified atom stereocenters. The van der Waals surface area contributed by atoms with E-state index in [0.717, 1.165) is 11.3 Å². The van der Waals surface area contributed by atoms with Gasteiger partial charge in [0.25, 0.3) is 0 Å². The van der Waals surface area contributed by atoms with Crippen molar-refractivity contribution in [2.45, 2.75) is 32.9 Å². The monoisotopic (exact) mass is 305 g/mol. The van der Waals surface area contributed by atoms with Crippen molar-refractivity contribution in [2.75, 3.05) is 0 Å². The van der Waals surface area contributed by atoms with Crippen LogP contribution in [0.15, 0.2) is 36.7 Å². The molecule has 1 aromatic carbocycles. The summed E-state index contributed by atoms with van der Waals surface area (Å²) >= 11 is 0. The predicted molar refractivity (Wildman–Crippen MR) is 81.2 cm³/mol. The fourth-order valence-corrected chi connectivity index (χ4v) is 2.17. The van der Waals surface area contributed by atoms with Crippen molar-refractivity contribution in [1.29, 1.82) is 0 Å². The molecule has 0 spiro atoms. The van der Waals surface area contributed by atoms with Crippen LogP contribution in [0.4, 0.5) is 4.39 Å². The van der Waals surface area contributed by atoms with E-state index in [1.165, 1.54) is 12.1 Å². The summed E-state index contributed by atoms with van der Waals surface area (Å²) in [5, 5.41) is 16.4. The predicted octanol–water partition coefficient (Wildman–Crippen LogP) is 2.60. The standard InChI is InChI=1S/C16H20FN3O2/c1-11(2)7-15(16(21)22)18-8-12-9-19-20(10-12)14-5-3-13(17)4-6-14/h3-6,9-11,15,18H,7-8H2,1-2H3,(H,21,22)/t15-/m1/s1. The summed E-state index contributed by atoms with van der Waals surface area (Å²) in [4.78, 5) is 11.2. The number of hydrogen-bond donors (Lipinski definition) is 2. The van der Waals surface area contributed by atoms with Crippen LogP contribution in [-0.4, -0.2) is 26.9 Å². The molecule has 2 rings (SSSR count). The minimum Gasteiger partial charge on any atom is -0.480 e. The van der Waals surface area contributed by atoms with E-state index >= 15 is 0 Å². The summed E-state index contributed by atoms with van der Waals surface area (Å²) in [6.07, 6.45) is 4.04. The minimum atomic E-state index is -0.848. The van der Waals surface area contributed by atoms with E-state index in [1.54, 1.807) is 29.2 Å². The SMILES string of the molecule is CC(C)C[C@@H](NCc1cnn(-c2ccc(F)cc2)c1)C(=O)O. The second-order valence-electron chi connectivity index (χ2n) is 5.67. The molecule has 6 heteroatoms. The number of benzene rings is 1. The van der Waals surface area contributed by atoms with E-state index in [9.17, 15) is 14.3 Å². The highest BCUT2D eigenvalue weighted by atomic mass is 19.1. The molecule has 0 saturated carbocycles. The fraction of sp³-hybridized carbons (Fsp3) is 0.375. The number of nitrogens with one attached hydrogen (secondary N) is 1. The maximum absolute atomic E-state index is 12.9. The Morgan fingerprint density at radius 2 is 2.05 bits per heavy atom. The van der Waals surface area contributed by atoms with Crippen LogP contribution in [0.1, 0.15) is 25.8 Å². The fourth-order valence-electron chi connectivity index (χ4n) is 2.17. The Balaban J connectivity index is 1.99. The summed E-state index contributed by atoms with van der Waals surface area (Å²) in [6, 6.07) is 5.45. The van der Waals surface area contributed by atoms with E-state index in [4.69, 9.17) is 0 Å². The normalized spacial score (nSPS) is 12.5. The van der Waals surface area contributed by atoms with Crippen molar-refractivity contribution in [1.82, 2.24) is 15.1 Å². The first kappa shape index (κ1) is 16.2. The van der Waals surface area contributed by atoms with Gasteiger partial charge in [0.1, 0.15) is 11.9 Å². The van der Waals surface area contributed by atoms with Crippen LogP contribution in [0.25, 0.3) is 5.69 Å². The first-order valence-electron chi connectivity index (χ1n) is 7.21. The number of halogens is 1. The van der Waals surface area contributed by atoms with Crippen LogP contribution in [0, 0.1) is 11.7 Å². The molecule has 22 heavy (non-hydrogen) atoms. The van der Waals surface area contributed by atoms with Crippen LogP contribution in [0.3, 0.4) is 0 Å². The molecule has 2 N–H and O–H groups in total. The molecule has 0 aliphatic carbocycles. The number of nitrogens with zero attached hydrogens (tertiary/aromatic N) is 2. The van der Waals surface area contributed by atoms with Crippen molar-refractivity contribution < 1.29 is 14.3 Å². The van der Waals surface area contributed by atoms with Gasteiger partial charge in [-0.15, -0.1) is 0 Å². The van der Waals surface area contributed by atoms with Crippen LogP contribution >= 0.6 is 0 Å². The van der Waals surface area contributed by atoms with Gasteiger partial charge in [-0.2, -0.15) is 5.10 Å². The number of carboxylic acid groups (broad SMARTS) is 1. The molecule has 1 heterocycles. The lowest BCUT2D eigenvalue weighted by atomic mass is 10.0. The van der Waals surface area contributed by atoms with Gasteiger partial charge in [0, 0.05) is 18.3 Å². The van der Waals surface area contributed by atoms with Crippen molar-refractivity contribution >= 4 is 5.97 Å². The highest BCUT2D eigenvalue weighted by molar-refractivity contribution is 5.73. The number of carbonyl (C=O) groups is 1. The summed E-state index contributed by atoms with van der Waals surface area (Å²) < 4.78 is 14.5. The summed E-state index contributed by atoms with van der Waals surface area (Å²) in [5.74, 6) is -0.842. The molecule has 5 nitrogen and oxygen atoms in total. The van der Waals surface area contributed by atoms with Gasteiger partial charge in [-0.3, -0.25) is 4.79 Å². The van der Waals surface area contributed by atoms with Gasteiger partial charge in [-0.1, -0.05) is 13.8 Å². The van der Waals surface area contributed by atoms with E-state index < -0.39 is 12.0 Å². The molecule has 0 aliphatic heterocycles. The lowest BCUT2D eigenvalue weighted by molar-refractivity contribution is -0.140. The van der Waals surface area contributed by atoms with Gasteiger partial charge < -0.3 is 10.4 Å². The van der Waals surface area contributed by atoms with E-state index in [2.05, 4.69) is 10.4 Å². The Morgan fingerprint density at radius 3 is 2.64 bits per heavy atom. The maximum Gasteiger partial charge on any atom is 0.320 e. The first-order valence-corrected chi connectivity index (χ1v) is 7.21. The first-order chi connectivity index (χ1) is 10.5. The van der Waals surface area contributed by atoms with Crippen LogP contribution in [0.5, 0.6) is 0 Å². The van der Waals surface area contributed by atoms with Gasteiger partial charge in [0.15, 0.2) is 0 Å². The zero-order valence-corrected chi connectivity index (χ0v) is 12.7. The van der Waals surface area contributed by atoms with Gasteiger partial charge >= 0.3 is 5.97 Å². The quantitative estimate of drug-likeness (QED) is 0.825. The molecular formula is C16H20FN3O2. The Hall–Kier alpha value is -2.21. The number of carboxylic acids is 1. The molecule has 0 fully saturated rings. The molecule has 0 bridgehead atoms. The molecule has 0 amide bonds. The van der Waals surface area contributed by atoms with Gasteiger partial charge in [0.2, 0.25) is 0 Å². The van der Waals surface area contributed by atoms with Crippen molar-refractivity contribution in [3.05, 3.63) is 48.0 Å². The minimum absolute atomic E-state index is 0.296. The lowest BCUT2D eigenvalue weighted by Gasteiger charge is -2.15. The van der Waals surface area contributed by atoms with Crippen molar-refractivity contribution in [3.8, 4) is 5.69 Å². The zero-order chi connectivity index (χ0) is 16.1. The third-order valence-corrected chi connectivity index (χ3v) is 3.29. The van der Waals surface area contributed by atoms with Crippen molar-refractivity contribution in [2.24, 2.45) is 5.92 Å². The van der Waals surface area contributed by atoms with E-state index in [0.29, 0.717) is 18.9 Å². The molecule has 0 radical (unpaired) electrons. The average molecular weight is 305 g/mol. The third-order valence-electron chi connectivity index (χ3n) is 3.29. The van der Waals surface area contributed by atoms with Crippen LogP contribution < -0.4 is 5.32 Å². The Labute approximate surface area is 128 Å². The van der Waals surface area contributed by atoms with Crippen LogP contribution in [-0.2, 0) is 11.3 Å². The number of hydrogen-bond acceptors (Lipinski definition) is 3. The maximum atomic E-state index is 12.9. The molecule has 1 atom stereocenters. The van der Waals surface area contributed by atoms with Gasteiger partial charge in [0.05, 0.1) is 11.9 Å². The highest BCUT2D eigenvalue weighted by Crippen LogP contribution is 2.10. The van der Waals surface area contributed by atoms with Crippen molar-refractivity contribution in [3.63, 3.8) is 0 Å². The second kappa shape index (κ2) is 7.17. The molecule has 0 saturated heterocycles. The second-order valence-corrected chi connectivity index (χ2v) is 5.67. The highest BCUT2D eigenvalue weighted by Gasteiger charge is 2.18. The molecule has 118 valence electrons.